The van der Waals surface area contributed by atoms with Crippen LogP contribution >= 0.6 is 16.5 Å². The van der Waals surface area contributed by atoms with E-state index in [1.54, 1.807) is 0 Å². The van der Waals surface area contributed by atoms with Crippen molar-refractivity contribution in [3.8, 4) is 0 Å². The molecule has 2 aromatic rings. The SMILES string of the molecule is Fc1c(F)c(F)c(P[PH3]c2c(F)c(F)c(F)c(F)c2F)c(F)c1F. The predicted octanol–water partition coefficient (Wildman–Crippen LogP) is 3.77. The van der Waals surface area contributed by atoms with Crippen LogP contribution in [0.3, 0.4) is 0 Å². The van der Waals surface area contributed by atoms with Gasteiger partial charge >= 0.3 is 129 Å². The minimum atomic E-state index is -2.62. The van der Waals surface area contributed by atoms with Crippen LogP contribution in [0.15, 0.2) is 0 Å². The fourth-order valence-electron chi connectivity index (χ4n) is 1.74. The van der Waals surface area contributed by atoms with Crippen molar-refractivity contribution in [2.75, 3.05) is 0 Å². The molecule has 0 aliphatic rings. The third-order valence-corrected chi connectivity index (χ3v) is 7.55. The molecule has 0 nitrogen and oxygen atoms in total. The Labute approximate surface area is 130 Å². The zero-order valence-electron chi connectivity index (χ0n) is 11.0. The molecular weight excluding hydrogens is 396 g/mol. The van der Waals surface area contributed by atoms with E-state index in [9.17, 15) is 43.9 Å². The van der Waals surface area contributed by atoms with Gasteiger partial charge < -0.3 is 0 Å². The monoisotopic (exact) mass is 400 g/mol. The van der Waals surface area contributed by atoms with Crippen molar-refractivity contribution in [2.45, 2.75) is 0 Å². The zero-order chi connectivity index (χ0) is 18.3. The van der Waals surface area contributed by atoms with Crippen LogP contribution in [0, 0.1) is 58.2 Å². The average molecular weight is 400 g/mol. The van der Waals surface area contributed by atoms with Gasteiger partial charge in [0.15, 0.2) is 0 Å². The maximum atomic E-state index is 13.5. The van der Waals surface area contributed by atoms with E-state index in [-0.39, 0.29) is 0 Å². The Hall–Kier alpha value is -1.40. The topological polar surface area (TPSA) is 0 Å². The molecule has 24 heavy (non-hydrogen) atoms. The second-order valence-electron chi connectivity index (χ2n) is 4.35. The van der Waals surface area contributed by atoms with E-state index in [0.717, 1.165) is 0 Å². The van der Waals surface area contributed by atoms with Gasteiger partial charge in [-0.1, -0.05) is 0 Å². The molecular formula is C12H4F10P2. The van der Waals surface area contributed by atoms with E-state index >= 15 is 0 Å². The Morgan fingerprint density at radius 1 is 0.417 bits per heavy atom. The molecule has 0 aliphatic carbocycles. The summed E-state index contributed by atoms with van der Waals surface area (Å²) >= 11 is 0. The predicted molar refractivity (Wildman–Crippen MR) is 71.2 cm³/mol. The van der Waals surface area contributed by atoms with Crippen LogP contribution in [0.25, 0.3) is 0 Å². The molecule has 132 valence electrons. The van der Waals surface area contributed by atoms with Gasteiger partial charge in [-0.15, -0.1) is 0 Å². The van der Waals surface area contributed by atoms with Gasteiger partial charge in [0.05, 0.1) is 0 Å². The molecule has 0 N–H and O–H groups in total. The van der Waals surface area contributed by atoms with Crippen LogP contribution in [0.1, 0.15) is 0 Å². The fourth-order valence-corrected chi connectivity index (χ4v) is 6.17. The second-order valence-corrected chi connectivity index (χ2v) is 8.38. The quantitative estimate of drug-likeness (QED) is 0.319. The van der Waals surface area contributed by atoms with Gasteiger partial charge in [-0.2, -0.15) is 0 Å². The van der Waals surface area contributed by atoms with Crippen LogP contribution < -0.4 is 10.6 Å². The molecule has 0 saturated carbocycles. The molecule has 0 aliphatic heterocycles. The van der Waals surface area contributed by atoms with Gasteiger partial charge in [0.25, 0.3) is 0 Å². The minimum absolute atomic E-state index is 1.28. The van der Waals surface area contributed by atoms with Crippen LogP contribution in [-0.2, 0) is 0 Å². The molecule has 0 bridgehead atoms. The van der Waals surface area contributed by atoms with E-state index in [2.05, 4.69) is 0 Å². The van der Waals surface area contributed by atoms with Gasteiger partial charge in [0.1, 0.15) is 0 Å². The van der Waals surface area contributed by atoms with Gasteiger partial charge in [-0.3, -0.25) is 0 Å². The Morgan fingerprint density at radius 2 is 0.708 bits per heavy atom. The number of halogens is 10. The first-order chi connectivity index (χ1) is 11.1. The average Bonchev–Trinajstić information content (AvgIpc) is 2.57. The van der Waals surface area contributed by atoms with Crippen molar-refractivity contribution < 1.29 is 43.9 Å². The summed E-state index contributed by atoms with van der Waals surface area (Å²) in [5.74, 6) is -22.6. The Bertz CT molecular complexity index is 708. The van der Waals surface area contributed by atoms with Crippen LogP contribution in [0.2, 0.25) is 0 Å². The number of hydrogen-bond donors (Lipinski definition) is 0. The first-order valence-electron chi connectivity index (χ1n) is 5.85. The van der Waals surface area contributed by atoms with Crippen molar-refractivity contribution >= 4 is 27.1 Å². The molecule has 0 radical (unpaired) electrons. The van der Waals surface area contributed by atoms with Gasteiger partial charge in [0.2, 0.25) is 0 Å². The maximum absolute atomic E-state index is 13.5. The molecule has 12 heteroatoms. The summed E-state index contributed by atoms with van der Waals surface area (Å²) in [5.41, 5.74) is 0. The molecule has 1 atom stereocenters. The number of benzene rings is 2. The molecule has 2 aromatic carbocycles. The standard InChI is InChI=1S/C12H4F10P2/c13-1-3(15)7(19)11(8(20)4(1)16)23-24-12-9(21)5(17)2(14)6(18)10(12)22/h23H,24H3. The van der Waals surface area contributed by atoms with Gasteiger partial charge in [-0.25, -0.2) is 0 Å². The first kappa shape index (κ1) is 18.9. The molecule has 0 aromatic heterocycles. The van der Waals surface area contributed by atoms with E-state index in [0.29, 0.717) is 0 Å². The fraction of sp³-hybridized carbons (Fsp3) is 0. The second kappa shape index (κ2) is 6.84. The molecule has 1 unspecified atom stereocenters. The molecule has 0 heterocycles. The summed E-state index contributed by atoms with van der Waals surface area (Å²) in [4.78, 5) is 0. The molecule has 0 spiro atoms. The Morgan fingerprint density at radius 3 is 1.08 bits per heavy atom. The molecule has 0 amide bonds. The van der Waals surface area contributed by atoms with Crippen LogP contribution in [0.5, 0.6) is 0 Å². The van der Waals surface area contributed by atoms with Crippen molar-refractivity contribution in [1.29, 1.82) is 0 Å². The van der Waals surface area contributed by atoms with Crippen molar-refractivity contribution in [1.82, 2.24) is 0 Å². The summed E-state index contributed by atoms with van der Waals surface area (Å²) in [7, 11) is -3.96. The first-order valence-corrected chi connectivity index (χ1v) is 9.88. The van der Waals surface area contributed by atoms with Crippen LogP contribution in [-0.4, -0.2) is 0 Å². The summed E-state index contributed by atoms with van der Waals surface area (Å²) < 4.78 is 132. The van der Waals surface area contributed by atoms with Gasteiger partial charge in [-0.05, 0) is 0 Å². The Kier molecular flexibility index (Phi) is 5.40. The van der Waals surface area contributed by atoms with E-state index in [1.165, 1.54) is 0 Å². The summed E-state index contributed by atoms with van der Waals surface area (Å²) in [6.45, 7) is 0. The molecule has 2 rings (SSSR count). The summed E-state index contributed by atoms with van der Waals surface area (Å²) in [6, 6.07) is 0. The molecule has 0 saturated heterocycles. The van der Waals surface area contributed by atoms with Crippen molar-refractivity contribution in [3.05, 3.63) is 58.2 Å². The summed E-state index contributed by atoms with van der Waals surface area (Å²) in [5, 5.41) is -2.63. The zero-order valence-corrected chi connectivity index (χ0v) is 13.4. The molecule has 0 fully saturated rings. The third kappa shape index (κ3) is 2.97. The number of hydrogen-bond acceptors (Lipinski definition) is 0. The number of rotatable bonds is 3. The normalized spacial score (nSPS) is 11.9. The summed E-state index contributed by atoms with van der Waals surface area (Å²) in [6.07, 6.45) is 0. The van der Waals surface area contributed by atoms with Crippen molar-refractivity contribution in [3.63, 3.8) is 0 Å². The van der Waals surface area contributed by atoms with Crippen LogP contribution in [0.4, 0.5) is 43.9 Å². The van der Waals surface area contributed by atoms with E-state index in [1.807, 2.05) is 0 Å². The van der Waals surface area contributed by atoms with E-state index < -0.39 is 85.3 Å². The Balaban J connectivity index is 2.48. The van der Waals surface area contributed by atoms with E-state index in [4.69, 9.17) is 0 Å². The third-order valence-electron chi connectivity index (χ3n) is 2.95. The van der Waals surface area contributed by atoms with Crippen molar-refractivity contribution in [2.24, 2.45) is 0 Å². The van der Waals surface area contributed by atoms with Gasteiger partial charge in [0, 0.05) is 0 Å².